The molecule has 26 heavy (non-hydrogen) atoms. The molecule has 0 bridgehead atoms. The van der Waals surface area contributed by atoms with E-state index < -0.39 is 0 Å². The molecule has 0 aliphatic rings. The van der Waals surface area contributed by atoms with E-state index in [0.717, 1.165) is 33.7 Å². The molecule has 134 valence electrons. The van der Waals surface area contributed by atoms with Crippen LogP contribution in [0.5, 0.6) is 5.75 Å². The third-order valence-electron chi connectivity index (χ3n) is 3.74. The summed E-state index contributed by atoms with van der Waals surface area (Å²) in [6.45, 7) is 4.84. The van der Waals surface area contributed by atoms with Crippen LogP contribution in [0, 0.1) is 0 Å². The topological polar surface area (TPSA) is 66.0 Å². The predicted octanol–water partition coefficient (Wildman–Crippen LogP) is 3.63. The van der Waals surface area contributed by atoms with E-state index >= 15 is 0 Å². The maximum atomic E-state index is 5.86. The molecule has 0 saturated carbocycles. The maximum absolute atomic E-state index is 5.86. The van der Waals surface area contributed by atoms with Gasteiger partial charge in [-0.25, -0.2) is 0 Å². The number of hydrogen-bond acceptors (Lipinski definition) is 5. The zero-order chi connectivity index (χ0) is 18.2. The zero-order valence-electron chi connectivity index (χ0n) is 14.5. The number of benzene rings is 2. The largest absolute Gasteiger partial charge is 0.489 e. The maximum Gasteiger partial charge on any atom is 0.196 e. The molecular weight excluding hydrogens is 344 g/mol. The van der Waals surface area contributed by atoms with Crippen LogP contribution in [0.15, 0.2) is 72.4 Å². The normalized spacial score (nSPS) is 10.7. The van der Waals surface area contributed by atoms with Crippen LogP contribution < -0.4 is 10.5 Å². The molecule has 1 aromatic heterocycles. The van der Waals surface area contributed by atoms with Crippen LogP contribution in [-0.4, -0.2) is 27.1 Å². The van der Waals surface area contributed by atoms with Gasteiger partial charge in [0, 0.05) is 17.9 Å². The molecule has 0 aliphatic heterocycles. The van der Waals surface area contributed by atoms with Gasteiger partial charge in [-0.05, 0) is 36.4 Å². The van der Waals surface area contributed by atoms with E-state index in [4.69, 9.17) is 10.5 Å². The average Bonchev–Trinajstić information content (AvgIpc) is 3.09. The van der Waals surface area contributed by atoms with Crippen LogP contribution >= 0.6 is 11.8 Å². The molecule has 6 heteroatoms. The zero-order valence-corrected chi connectivity index (χ0v) is 15.4. The Bertz CT molecular complexity index is 831. The first kappa shape index (κ1) is 18.2. The van der Waals surface area contributed by atoms with Crippen LogP contribution in [0.4, 0.5) is 0 Å². The molecule has 3 rings (SSSR count). The van der Waals surface area contributed by atoms with E-state index in [0.29, 0.717) is 19.6 Å². The van der Waals surface area contributed by atoms with Crippen molar-refractivity contribution < 1.29 is 4.74 Å². The van der Waals surface area contributed by atoms with Crippen molar-refractivity contribution in [1.29, 1.82) is 0 Å². The number of ether oxygens (including phenoxy) is 1. The predicted molar refractivity (Wildman–Crippen MR) is 106 cm³/mol. The highest BCUT2D eigenvalue weighted by Gasteiger charge is 2.13. The van der Waals surface area contributed by atoms with E-state index in [9.17, 15) is 0 Å². The smallest absolute Gasteiger partial charge is 0.196 e. The standard InChI is InChI=1S/C20H22N4OS/c1-2-14-26-20-23-22-19(12-13-21)24(20)17-8-10-18(11-9-17)25-15-16-6-4-3-5-7-16/h2-11H,1,12-15,21H2. The van der Waals surface area contributed by atoms with Gasteiger partial charge in [0.15, 0.2) is 5.16 Å². The summed E-state index contributed by atoms with van der Waals surface area (Å²) in [6, 6.07) is 18.1. The lowest BCUT2D eigenvalue weighted by atomic mass is 10.2. The van der Waals surface area contributed by atoms with Crippen molar-refractivity contribution in [2.24, 2.45) is 5.73 Å². The highest BCUT2D eigenvalue weighted by molar-refractivity contribution is 7.99. The molecule has 0 radical (unpaired) electrons. The molecule has 2 N–H and O–H groups in total. The minimum atomic E-state index is 0.530. The Kier molecular flexibility index (Phi) is 6.46. The van der Waals surface area contributed by atoms with Crippen molar-refractivity contribution in [1.82, 2.24) is 14.8 Å². The van der Waals surface area contributed by atoms with Crippen molar-refractivity contribution in [3.63, 3.8) is 0 Å². The Labute approximate surface area is 157 Å². The molecule has 0 atom stereocenters. The Morgan fingerprint density at radius 3 is 2.54 bits per heavy atom. The number of aromatic nitrogens is 3. The molecule has 0 saturated heterocycles. The fourth-order valence-corrected chi connectivity index (χ4v) is 3.22. The van der Waals surface area contributed by atoms with Gasteiger partial charge in [0.25, 0.3) is 0 Å². The van der Waals surface area contributed by atoms with Crippen LogP contribution in [0.1, 0.15) is 11.4 Å². The highest BCUT2D eigenvalue weighted by atomic mass is 32.2. The summed E-state index contributed by atoms with van der Waals surface area (Å²) in [5.41, 5.74) is 7.85. The first-order valence-electron chi connectivity index (χ1n) is 8.47. The second-order valence-corrected chi connectivity index (χ2v) is 6.63. The van der Waals surface area contributed by atoms with Crippen LogP contribution in [0.3, 0.4) is 0 Å². The molecule has 1 heterocycles. The van der Waals surface area contributed by atoms with E-state index in [1.807, 2.05) is 65.2 Å². The van der Waals surface area contributed by atoms with Crippen LogP contribution in [0.2, 0.25) is 0 Å². The lowest BCUT2D eigenvalue weighted by molar-refractivity contribution is 0.306. The molecule has 0 fully saturated rings. The summed E-state index contributed by atoms with van der Waals surface area (Å²) in [5.74, 6) is 2.46. The van der Waals surface area contributed by atoms with Crippen molar-refractivity contribution in [2.45, 2.75) is 18.2 Å². The van der Waals surface area contributed by atoms with Gasteiger partial charge in [0.2, 0.25) is 0 Å². The molecule has 0 spiro atoms. The fourth-order valence-electron chi connectivity index (χ4n) is 2.51. The van der Waals surface area contributed by atoms with E-state index in [2.05, 4.69) is 16.8 Å². The van der Waals surface area contributed by atoms with Gasteiger partial charge in [-0.15, -0.1) is 16.8 Å². The molecule has 0 amide bonds. The molecule has 0 aliphatic carbocycles. The lowest BCUT2D eigenvalue weighted by Gasteiger charge is -2.11. The molecule has 5 nitrogen and oxygen atoms in total. The first-order valence-corrected chi connectivity index (χ1v) is 9.45. The SMILES string of the molecule is C=CCSc1nnc(CCN)n1-c1ccc(OCc2ccccc2)cc1. The minimum absolute atomic E-state index is 0.530. The van der Waals surface area contributed by atoms with Crippen LogP contribution in [0.25, 0.3) is 5.69 Å². The number of thioether (sulfide) groups is 1. The quantitative estimate of drug-likeness (QED) is 0.463. The Morgan fingerprint density at radius 2 is 1.85 bits per heavy atom. The van der Waals surface area contributed by atoms with Gasteiger partial charge in [0.1, 0.15) is 18.2 Å². The third kappa shape index (κ3) is 4.53. The summed E-state index contributed by atoms with van der Waals surface area (Å²) in [4.78, 5) is 0. The monoisotopic (exact) mass is 366 g/mol. The van der Waals surface area contributed by atoms with Crippen LogP contribution in [-0.2, 0) is 13.0 Å². The van der Waals surface area contributed by atoms with Crippen molar-refractivity contribution in [3.05, 3.63) is 78.6 Å². The Hall–Kier alpha value is -2.57. The number of nitrogens with two attached hydrogens (primary N) is 1. The number of nitrogens with zero attached hydrogens (tertiary/aromatic N) is 3. The number of hydrogen-bond donors (Lipinski definition) is 1. The van der Waals surface area contributed by atoms with Gasteiger partial charge >= 0.3 is 0 Å². The van der Waals surface area contributed by atoms with E-state index in [1.165, 1.54) is 0 Å². The third-order valence-corrected chi connectivity index (χ3v) is 4.67. The second kappa shape index (κ2) is 9.22. The van der Waals surface area contributed by atoms with E-state index in [1.54, 1.807) is 11.8 Å². The van der Waals surface area contributed by atoms with Crippen molar-refractivity contribution in [2.75, 3.05) is 12.3 Å². The molecule has 2 aromatic carbocycles. The summed E-state index contributed by atoms with van der Waals surface area (Å²) in [6.07, 6.45) is 2.53. The van der Waals surface area contributed by atoms with Crippen molar-refractivity contribution >= 4 is 11.8 Å². The van der Waals surface area contributed by atoms with Gasteiger partial charge in [-0.1, -0.05) is 48.2 Å². The lowest BCUT2D eigenvalue weighted by Crippen LogP contribution is -2.09. The molecule has 0 unspecified atom stereocenters. The Balaban J connectivity index is 1.77. The minimum Gasteiger partial charge on any atom is -0.489 e. The van der Waals surface area contributed by atoms with Crippen molar-refractivity contribution in [3.8, 4) is 11.4 Å². The van der Waals surface area contributed by atoms with E-state index in [-0.39, 0.29) is 0 Å². The highest BCUT2D eigenvalue weighted by Crippen LogP contribution is 2.24. The summed E-state index contributed by atoms with van der Waals surface area (Å²) in [5, 5.41) is 9.41. The van der Waals surface area contributed by atoms with Gasteiger partial charge in [0.05, 0.1) is 0 Å². The summed E-state index contributed by atoms with van der Waals surface area (Å²) in [7, 11) is 0. The number of rotatable bonds is 9. The summed E-state index contributed by atoms with van der Waals surface area (Å²) >= 11 is 1.60. The average molecular weight is 366 g/mol. The first-order chi connectivity index (χ1) is 12.8. The molecule has 3 aromatic rings. The molecular formula is C20H22N4OS. The Morgan fingerprint density at radius 1 is 1.08 bits per heavy atom. The van der Waals surface area contributed by atoms with Gasteiger partial charge in [-0.2, -0.15) is 0 Å². The summed E-state index contributed by atoms with van der Waals surface area (Å²) < 4.78 is 7.90. The van der Waals surface area contributed by atoms with Gasteiger partial charge in [-0.3, -0.25) is 4.57 Å². The van der Waals surface area contributed by atoms with Gasteiger partial charge < -0.3 is 10.5 Å². The fraction of sp³-hybridized carbons (Fsp3) is 0.200. The second-order valence-electron chi connectivity index (χ2n) is 5.64.